The first-order chi connectivity index (χ1) is 11.2. The van der Waals surface area contributed by atoms with Crippen LogP contribution in [-0.2, 0) is 4.79 Å². The highest BCUT2D eigenvalue weighted by Gasteiger charge is 2.17. The van der Waals surface area contributed by atoms with Crippen LogP contribution in [0.2, 0.25) is 0 Å². The Kier molecular flexibility index (Phi) is 4.33. The molecule has 0 saturated heterocycles. The Hall–Kier alpha value is -3.15. The van der Waals surface area contributed by atoms with E-state index < -0.39 is 6.10 Å². The van der Waals surface area contributed by atoms with Gasteiger partial charge in [-0.15, -0.1) is 5.10 Å². The van der Waals surface area contributed by atoms with Gasteiger partial charge in [-0.3, -0.25) is 15.2 Å². The molecule has 2 N–H and O–H groups in total. The van der Waals surface area contributed by atoms with Crippen LogP contribution in [0.25, 0.3) is 11.4 Å². The first kappa shape index (κ1) is 14.8. The number of H-pyrrole nitrogens is 1. The van der Waals surface area contributed by atoms with Crippen molar-refractivity contribution >= 4 is 11.9 Å². The van der Waals surface area contributed by atoms with Crippen LogP contribution in [-0.4, -0.2) is 27.2 Å². The summed E-state index contributed by atoms with van der Waals surface area (Å²) in [7, 11) is 0. The topological polar surface area (TPSA) is 79.9 Å². The Morgan fingerprint density at radius 3 is 2.43 bits per heavy atom. The van der Waals surface area contributed by atoms with Crippen molar-refractivity contribution in [2.24, 2.45) is 0 Å². The van der Waals surface area contributed by atoms with Crippen molar-refractivity contribution in [1.29, 1.82) is 0 Å². The van der Waals surface area contributed by atoms with Gasteiger partial charge in [0.1, 0.15) is 5.75 Å². The Balaban J connectivity index is 1.63. The van der Waals surface area contributed by atoms with Crippen molar-refractivity contribution in [2.45, 2.75) is 13.0 Å². The minimum atomic E-state index is -0.656. The normalized spacial score (nSPS) is 11.7. The van der Waals surface area contributed by atoms with Gasteiger partial charge >= 0.3 is 0 Å². The van der Waals surface area contributed by atoms with Crippen LogP contribution in [0, 0.1) is 0 Å². The van der Waals surface area contributed by atoms with Gasteiger partial charge < -0.3 is 4.74 Å². The third-order valence-electron chi connectivity index (χ3n) is 3.19. The maximum Gasteiger partial charge on any atom is 0.267 e. The highest BCUT2D eigenvalue weighted by atomic mass is 16.5. The summed E-state index contributed by atoms with van der Waals surface area (Å²) in [6, 6.07) is 18.7. The monoisotopic (exact) mass is 308 g/mol. The first-order valence-corrected chi connectivity index (χ1v) is 7.23. The van der Waals surface area contributed by atoms with E-state index >= 15 is 0 Å². The van der Waals surface area contributed by atoms with Gasteiger partial charge in [0, 0.05) is 5.56 Å². The summed E-state index contributed by atoms with van der Waals surface area (Å²) in [5.74, 6) is 1.14. The van der Waals surface area contributed by atoms with Crippen molar-refractivity contribution in [3.63, 3.8) is 0 Å². The molecule has 0 spiro atoms. The molecule has 116 valence electrons. The standard InChI is InChI=1S/C17H16N4O2/c1-12(23-14-10-6-3-7-11-14)16(22)19-17-18-15(20-21-17)13-8-4-2-5-9-13/h2-12H,1H3,(H2,18,19,20,21,22)/t12-/m0/s1. The molecule has 0 saturated carbocycles. The van der Waals surface area contributed by atoms with Crippen LogP contribution in [0.15, 0.2) is 60.7 Å². The van der Waals surface area contributed by atoms with Crippen molar-refractivity contribution in [3.05, 3.63) is 60.7 Å². The van der Waals surface area contributed by atoms with E-state index in [9.17, 15) is 4.79 Å². The number of nitrogens with zero attached hydrogens (tertiary/aromatic N) is 2. The number of nitrogens with one attached hydrogen (secondary N) is 2. The number of para-hydroxylation sites is 1. The molecule has 1 atom stereocenters. The lowest BCUT2D eigenvalue weighted by Crippen LogP contribution is -2.30. The zero-order valence-electron chi connectivity index (χ0n) is 12.6. The van der Waals surface area contributed by atoms with Gasteiger partial charge in [0.25, 0.3) is 5.91 Å². The first-order valence-electron chi connectivity index (χ1n) is 7.23. The van der Waals surface area contributed by atoms with Gasteiger partial charge in [0.2, 0.25) is 5.95 Å². The van der Waals surface area contributed by atoms with E-state index in [4.69, 9.17) is 4.74 Å². The number of hydrogen-bond acceptors (Lipinski definition) is 4. The molecule has 0 bridgehead atoms. The van der Waals surface area contributed by atoms with Crippen LogP contribution in [0.1, 0.15) is 6.92 Å². The summed E-state index contributed by atoms with van der Waals surface area (Å²) < 4.78 is 5.56. The molecule has 0 aliphatic heterocycles. The summed E-state index contributed by atoms with van der Waals surface area (Å²) >= 11 is 0. The third kappa shape index (κ3) is 3.74. The smallest absolute Gasteiger partial charge is 0.267 e. The van der Waals surface area contributed by atoms with Gasteiger partial charge in [-0.05, 0) is 19.1 Å². The Morgan fingerprint density at radius 1 is 1.09 bits per heavy atom. The zero-order valence-corrected chi connectivity index (χ0v) is 12.6. The van der Waals surface area contributed by atoms with Crippen LogP contribution < -0.4 is 10.1 Å². The molecular weight excluding hydrogens is 292 g/mol. The van der Waals surface area contributed by atoms with Gasteiger partial charge in [-0.1, -0.05) is 48.5 Å². The second kappa shape index (κ2) is 6.74. The molecule has 2 aromatic carbocycles. The molecule has 0 aliphatic carbocycles. The lowest BCUT2D eigenvalue weighted by Gasteiger charge is -2.13. The quantitative estimate of drug-likeness (QED) is 0.759. The van der Waals surface area contributed by atoms with Crippen molar-refractivity contribution in [1.82, 2.24) is 15.2 Å². The molecule has 3 rings (SSSR count). The number of aromatic amines is 1. The summed E-state index contributed by atoms with van der Waals surface area (Å²) in [4.78, 5) is 16.4. The van der Waals surface area contributed by atoms with Crippen LogP contribution in [0.3, 0.4) is 0 Å². The van der Waals surface area contributed by atoms with Crippen molar-refractivity contribution < 1.29 is 9.53 Å². The molecule has 0 aliphatic rings. The number of aromatic nitrogens is 3. The van der Waals surface area contributed by atoms with E-state index in [-0.39, 0.29) is 11.9 Å². The van der Waals surface area contributed by atoms with E-state index in [2.05, 4.69) is 20.5 Å². The predicted molar refractivity (Wildman–Crippen MR) is 87.0 cm³/mol. The Labute approximate surface area is 133 Å². The molecule has 6 nitrogen and oxygen atoms in total. The SMILES string of the molecule is C[C@H](Oc1ccccc1)C(=O)Nc1n[nH]c(-c2ccccc2)n1. The van der Waals surface area contributed by atoms with Gasteiger partial charge in [-0.2, -0.15) is 4.98 Å². The minimum absolute atomic E-state index is 0.220. The molecule has 0 unspecified atom stereocenters. The van der Waals surface area contributed by atoms with E-state index in [1.165, 1.54) is 0 Å². The van der Waals surface area contributed by atoms with Crippen LogP contribution in [0.4, 0.5) is 5.95 Å². The molecule has 6 heteroatoms. The molecule has 23 heavy (non-hydrogen) atoms. The highest BCUT2D eigenvalue weighted by Crippen LogP contribution is 2.15. The maximum atomic E-state index is 12.1. The molecule has 1 heterocycles. The number of anilines is 1. The fourth-order valence-electron chi connectivity index (χ4n) is 2.01. The predicted octanol–water partition coefficient (Wildman–Crippen LogP) is 2.88. The maximum absolute atomic E-state index is 12.1. The third-order valence-corrected chi connectivity index (χ3v) is 3.19. The molecule has 1 amide bonds. The average Bonchev–Trinajstić information content (AvgIpc) is 3.05. The number of amides is 1. The number of ether oxygens (including phenoxy) is 1. The van der Waals surface area contributed by atoms with E-state index in [1.807, 2.05) is 48.5 Å². The Bertz CT molecular complexity index is 772. The van der Waals surface area contributed by atoms with E-state index in [0.29, 0.717) is 11.6 Å². The van der Waals surface area contributed by atoms with Gasteiger partial charge in [0.15, 0.2) is 11.9 Å². The highest BCUT2D eigenvalue weighted by molar-refractivity contribution is 5.92. The largest absolute Gasteiger partial charge is 0.481 e. The van der Waals surface area contributed by atoms with Gasteiger partial charge in [-0.25, -0.2) is 0 Å². The molecule has 0 fully saturated rings. The lowest BCUT2D eigenvalue weighted by molar-refractivity contribution is -0.122. The molecule has 0 radical (unpaired) electrons. The lowest BCUT2D eigenvalue weighted by atomic mass is 10.2. The van der Waals surface area contributed by atoms with E-state index in [1.54, 1.807) is 19.1 Å². The zero-order chi connectivity index (χ0) is 16.1. The number of carbonyl (C=O) groups excluding carboxylic acids is 1. The fourth-order valence-corrected chi connectivity index (χ4v) is 2.01. The average molecular weight is 308 g/mol. The minimum Gasteiger partial charge on any atom is -0.481 e. The summed E-state index contributed by atoms with van der Waals surface area (Å²) in [6.07, 6.45) is -0.656. The van der Waals surface area contributed by atoms with Crippen molar-refractivity contribution in [2.75, 3.05) is 5.32 Å². The number of benzene rings is 2. The van der Waals surface area contributed by atoms with E-state index in [0.717, 1.165) is 5.56 Å². The molecule has 3 aromatic rings. The second-order valence-electron chi connectivity index (χ2n) is 4.94. The second-order valence-corrected chi connectivity index (χ2v) is 4.94. The van der Waals surface area contributed by atoms with Crippen LogP contribution in [0.5, 0.6) is 5.75 Å². The van der Waals surface area contributed by atoms with Gasteiger partial charge in [0.05, 0.1) is 0 Å². The fraction of sp³-hybridized carbons (Fsp3) is 0.118. The van der Waals surface area contributed by atoms with Crippen LogP contribution >= 0.6 is 0 Å². The molecule has 1 aromatic heterocycles. The number of carbonyl (C=O) groups is 1. The summed E-state index contributed by atoms with van der Waals surface area (Å²) in [5.41, 5.74) is 0.897. The summed E-state index contributed by atoms with van der Waals surface area (Å²) in [5, 5.41) is 9.43. The number of hydrogen-bond donors (Lipinski definition) is 2. The molecular formula is C17H16N4O2. The van der Waals surface area contributed by atoms with Crippen molar-refractivity contribution in [3.8, 4) is 17.1 Å². The summed E-state index contributed by atoms with van der Waals surface area (Å²) in [6.45, 7) is 1.67. The Morgan fingerprint density at radius 2 is 1.74 bits per heavy atom. The number of rotatable bonds is 5.